The van der Waals surface area contributed by atoms with E-state index in [4.69, 9.17) is 11.5 Å². The van der Waals surface area contributed by atoms with Crippen molar-refractivity contribution in [2.75, 3.05) is 12.3 Å². The van der Waals surface area contributed by atoms with E-state index >= 15 is 0 Å². The summed E-state index contributed by atoms with van der Waals surface area (Å²) in [4.78, 5) is 16.8. The first kappa shape index (κ1) is 16.4. The van der Waals surface area contributed by atoms with E-state index < -0.39 is 0 Å². The molecule has 0 aliphatic heterocycles. The lowest BCUT2D eigenvalue weighted by Gasteiger charge is -2.02. The monoisotopic (exact) mass is 370 g/mol. The molecule has 7 nitrogen and oxygen atoms in total. The molecule has 0 aliphatic carbocycles. The SMILES string of the molecule is NC/C(=C\F)Cn1nc2ccc(-c3ccc4sc(N)nc4c3)cn2c1=O. The summed E-state index contributed by atoms with van der Waals surface area (Å²) < 4.78 is 16.4. The third-order valence-corrected chi connectivity index (χ3v) is 4.95. The van der Waals surface area contributed by atoms with Crippen molar-refractivity contribution in [2.45, 2.75) is 6.54 Å². The van der Waals surface area contributed by atoms with Gasteiger partial charge in [0.25, 0.3) is 0 Å². The van der Waals surface area contributed by atoms with Gasteiger partial charge in [-0.25, -0.2) is 23.3 Å². The van der Waals surface area contributed by atoms with Crippen LogP contribution in [0.25, 0.3) is 27.0 Å². The number of pyridine rings is 1. The summed E-state index contributed by atoms with van der Waals surface area (Å²) in [7, 11) is 0. The first-order chi connectivity index (χ1) is 12.6. The number of benzene rings is 1. The highest BCUT2D eigenvalue weighted by atomic mass is 32.1. The molecular formula is C17H15FN6OS. The molecule has 26 heavy (non-hydrogen) atoms. The minimum absolute atomic E-state index is 0.0207. The van der Waals surface area contributed by atoms with Crippen LogP contribution >= 0.6 is 11.3 Å². The predicted molar refractivity (Wildman–Crippen MR) is 101 cm³/mol. The van der Waals surface area contributed by atoms with Crippen molar-refractivity contribution in [3.8, 4) is 11.1 Å². The van der Waals surface area contributed by atoms with Crippen molar-refractivity contribution in [1.82, 2.24) is 19.2 Å². The largest absolute Gasteiger partial charge is 0.375 e. The lowest BCUT2D eigenvalue weighted by molar-refractivity contribution is 0.616. The van der Waals surface area contributed by atoms with E-state index in [-0.39, 0.29) is 18.8 Å². The third kappa shape index (κ3) is 2.76. The van der Waals surface area contributed by atoms with Gasteiger partial charge in [-0.2, -0.15) is 0 Å². The van der Waals surface area contributed by atoms with E-state index in [2.05, 4.69) is 10.1 Å². The molecule has 0 aliphatic rings. The van der Waals surface area contributed by atoms with Crippen LogP contribution in [0.15, 0.2) is 53.2 Å². The fourth-order valence-corrected chi connectivity index (χ4v) is 3.47. The van der Waals surface area contributed by atoms with Crippen molar-refractivity contribution in [3.63, 3.8) is 0 Å². The summed E-state index contributed by atoms with van der Waals surface area (Å²) in [6, 6.07) is 9.45. The molecule has 4 aromatic rings. The van der Waals surface area contributed by atoms with E-state index in [1.807, 2.05) is 24.3 Å². The molecule has 4 N–H and O–H groups in total. The highest BCUT2D eigenvalue weighted by Crippen LogP contribution is 2.28. The van der Waals surface area contributed by atoms with Crippen LogP contribution in [-0.4, -0.2) is 25.7 Å². The Kier molecular flexibility index (Phi) is 4.02. The molecule has 0 fully saturated rings. The minimum atomic E-state index is -0.353. The van der Waals surface area contributed by atoms with E-state index in [0.29, 0.717) is 22.7 Å². The van der Waals surface area contributed by atoms with Gasteiger partial charge in [0, 0.05) is 12.7 Å². The van der Waals surface area contributed by atoms with Gasteiger partial charge in [-0.1, -0.05) is 17.4 Å². The second kappa shape index (κ2) is 6.36. The highest BCUT2D eigenvalue weighted by molar-refractivity contribution is 7.22. The van der Waals surface area contributed by atoms with Gasteiger partial charge in [0.2, 0.25) is 0 Å². The molecule has 4 rings (SSSR count). The Hall–Kier alpha value is -3.04. The van der Waals surface area contributed by atoms with Gasteiger partial charge in [0.05, 0.1) is 23.1 Å². The van der Waals surface area contributed by atoms with Crippen LogP contribution in [0.4, 0.5) is 9.52 Å². The number of hydrogen-bond donors (Lipinski definition) is 2. The molecule has 9 heteroatoms. The Morgan fingerprint density at radius 2 is 2.08 bits per heavy atom. The van der Waals surface area contributed by atoms with Crippen LogP contribution < -0.4 is 17.2 Å². The van der Waals surface area contributed by atoms with Gasteiger partial charge in [0.1, 0.15) is 0 Å². The molecule has 0 spiro atoms. The van der Waals surface area contributed by atoms with Gasteiger partial charge >= 0.3 is 5.69 Å². The molecule has 3 aromatic heterocycles. The number of aromatic nitrogens is 4. The van der Waals surface area contributed by atoms with Crippen molar-refractivity contribution >= 4 is 32.3 Å². The van der Waals surface area contributed by atoms with Gasteiger partial charge in [-0.3, -0.25) is 0 Å². The fraction of sp³-hybridized carbons (Fsp3) is 0.118. The lowest BCUT2D eigenvalue weighted by atomic mass is 10.1. The Labute approximate surface area is 151 Å². The smallest absolute Gasteiger partial charge is 0.350 e. The molecule has 0 saturated heterocycles. The minimum Gasteiger partial charge on any atom is -0.375 e. The van der Waals surface area contributed by atoms with Crippen molar-refractivity contribution in [1.29, 1.82) is 0 Å². The number of nitrogens with zero attached hydrogens (tertiary/aromatic N) is 4. The van der Waals surface area contributed by atoms with Crippen molar-refractivity contribution in [3.05, 3.63) is 58.9 Å². The fourth-order valence-electron chi connectivity index (χ4n) is 2.75. The van der Waals surface area contributed by atoms with Crippen LogP contribution in [0.1, 0.15) is 0 Å². The number of thiazole rings is 1. The molecule has 0 atom stereocenters. The number of rotatable bonds is 4. The summed E-state index contributed by atoms with van der Waals surface area (Å²) in [5.74, 6) is 0. The third-order valence-electron chi connectivity index (χ3n) is 4.08. The molecule has 0 radical (unpaired) electrons. The average Bonchev–Trinajstić information content (AvgIpc) is 3.17. The van der Waals surface area contributed by atoms with Crippen molar-refractivity contribution in [2.24, 2.45) is 5.73 Å². The molecule has 0 unspecified atom stereocenters. The lowest BCUT2D eigenvalue weighted by Crippen LogP contribution is -2.23. The standard InChI is InChI=1S/C17H15FN6OS/c18-6-10(7-19)8-24-17(25)23-9-12(2-4-15(23)22-24)11-1-3-14-13(5-11)21-16(20)26-14/h1-6,9H,7-8,19H2,(H2,20,21)/b10-6+. The zero-order chi connectivity index (χ0) is 18.3. The van der Waals surface area contributed by atoms with Crippen molar-refractivity contribution < 1.29 is 4.39 Å². The van der Waals surface area contributed by atoms with E-state index in [0.717, 1.165) is 21.3 Å². The zero-order valence-corrected chi connectivity index (χ0v) is 14.4. The van der Waals surface area contributed by atoms with Crippen LogP contribution in [0.5, 0.6) is 0 Å². The summed E-state index contributed by atoms with van der Waals surface area (Å²) in [5.41, 5.74) is 14.2. The van der Waals surface area contributed by atoms with Gasteiger partial charge in [-0.05, 0) is 41.0 Å². The highest BCUT2D eigenvalue weighted by Gasteiger charge is 2.10. The van der Waals surface area contributed by atoms with Crippen LogP contribution in [0, 0.1) is 0 Å². The van der Waals surface area contributed by atoms with Crippen LogP contribution in [-0.2, 0) is 6.54 Å². The van der Waals surface area contributed by atoms with Gasteiger partial charge < -0.3 is 11.5 Å². The van der Waals surface area contributed by atoms with Gasteiger partial charge in [-0.15, -0.1) is 5.10 Å². The molecular weight excluding hydrogens is 355 g/mol. The molecule has 132 valence electrons. The van der Waals surface area contributed by atoms with E-state index in [9.17, 15) is 9.18 Å². The van der Waals surface area contributed by atoms with Crippen LogP contribution in [0.2, 0.25) is 0 Å². The van der Waals surface area contributed by atoms with Crippen LogP contribution in [0.3, 0.4) is 0 Å². The Morgan fingerprint density at radius 3 is 2.85 bits per heavy atom. The van der Waals surface area contributed by atoms with E-state index in [1.54, 1.807) is 12.3 Å². The maximum atomic E-state index is 12.7. The summed E-state index contributed by atoms with van der Waals surface area (Å²) in [6.07, 6.45) is 2.12. The maximum absolute atomic E-state index is 12.7. The van der Waals surface area contributed by atoms with E-state index in [1.165, 1.54) is 20.4 Å². The zero-order valence-electron chi connectivity index (χ0n) is 13.6. The predicted octanol–water partition coefficient (Wildman–Crippen LogP) is 2.17. The maximum Gasteiger partial charge on any atom is 0.350 e. The second-order valence-electron chi connectivity index (χ2n) is 5.79. The summed E-state index contributed by atoms with van der Waals surface area (Å²) in [5, 5.41) is 4.73. The first-order valence-electron chi connectivity index (χ1n) is 7.83. The molecule has 3 heterocycles. The number of nitrogens with two attached hydrogens (primary N) is 2. The molecule has 0 amide bonds. The Bertz CT molecular complexity index is 1210. The number of halogens is 1. The number of hydrogen-bond acceptors (Lipinski definition) is 6. The molecule has 0 bridgehead atoms. The first-order valence-corrected chi connectivity index (χ1v) is 8.64. The Balaban J connectivity index is 1.79. The molecule has 0 saturated carbocycles. The number of fused-ring (bicyclic) bond motifs is 2. The normalized spacial score (nSPS) is 12.3. The summed E-state index contributed by atoms with van der Waals surface area (Å²) in [6.45, 7) is 0.0474. The molecule has 1 aromatic carbocycles. The topological polar surface area (TPSA) is 104 Å². The van der Waals surface area contributed by atoms with Gasteiger partial charge in [0.15, 0.2) is 10.8 Å². The second-order valence-corrected chi connectivity index (χ2v) is 6.85. The average molecular weight is 370 g/mol. The Morgan fingerprint density at radius 1 is 1.27 bits per heavy atom. The quantitative estimate of drug-likeness (QED) is 0.573. The summed E-state index contributed by atoms with van der Waals surface area (Å²) >= 11 is 1.43. The number of anilines is 1. The number of nitrogen functional groups attached to an aromatic ring is 1.